The minimum Gasteiger partial charge on any atom is -0.462 e. The quantitative estimate of drug-likeness (QED) is 0.513. The van der Waals surface area contributed by atoms with Gasteiger partial charge in [-0.2, -0.15) is 0 Å². The molecule has 24 heavy (non-hydrogen) atoms. The lowest BCUT2D eigenvalue weighted by molar-refractivity contribution is 0.0528. The van der Waals surface area contributed by atoms with E-state index in [9.17, 15) is 4.79 Å². The first-order valence-corrected chi connectivity index (χ1v) is 8.08. The number of ether oxygens (including phenoxy) is 1. The number of hydrogen-bond donors (Lipinski definition) is 0. The molecule has 0 N–H and O–H groups in total. The predicted octanol–water partition coefficient (Wildman–Crippen LogP) is 4.43. The van der Waals surface area contributed by atoms with Gasteiger partial charge in [0.2, 0.25) is 0 Å². The van der Waals surface area contributed by atoms with Crippen LogP contribution < -0.4 is 0 Å². The van der Waals surface area contributed by atoms with Gasteiger partial charge in [-0.05, 0) is 56.7 Å². The first-order valence-electron chi connectivity index (χ1n) is 8.08. The predicted molar refractivity (Wildman–Crippen MR) is 95.6 cm³/mol. The third kappa shape index (κ3) is 1.99. The topological polar surface area (TPSA) is 43.6 Å². The van der Waals surface area contributed by atoms with Crippen molar-refractivity contribution in [1.82, 2.24) is 9.38 Å². The van der Waals surface area contributed by atoms with Crippen molar-refractivity contribution in [2.45, 2.75) is 20.8 Å². The molecule has 4 heteroatoms. The number of aryl methyl sites for hydroxylation is 2. The normalized spacial score (nSPS) is 11.5. The van der Waals surface area contributed by atoms with Crippen LogP contribution in [0.4, 0.5) is 0 Å². The lowest BCUT2D eigenvalue weighted by Crippen LogP contribution is -2.09. The molecule has 0 spiro atoms. The van der Waals surface area contributed by atoms with Crippen LogP contribution in [0.2, 0.25) is 0 Å². The molecule has 120 valence electrons. The van der Waals surface area contributed by atoms with Gasteiger partial charge in [-0.1, -0.05) is 11.6 Å². The maximum absolute atomic E-state index is 12.6. The van der Waals surface area contributed by atoms with Crippen LogP contribution in [0.3, 0.4) is 0 Å². The van der Waals surface area contributed by atoms with Crippen LogP contribution in [0.1, 0.15) is 28.4 Å². The highest BCUT2D eigenvalue weighted by Crippen LogP contribution is 2.32. The van der Waals surface area contributed by atoms with Gasteiger partial charge in [-0.3, -0.25) is 4.40 Å². The van der Waals surface area contributed by atoms with Gasteiger partial charge in [-0.15, -0.1) is 0 Å². The third-order valence-corrected chi connectivity index (χ3v) is 4.46. The van der Waals surface area contributed by atoms with Crippen LogP contribution in [-0.4, -0.2) is 22.0 Å². The molecule has 0 aliphatic heterocycles. The molecule has 0 aliphatic carbocycles. The molecule has 1 aromatic carbocycles. The Morgan fingerprint density at radius 1 is 1.17 bits per heavy atom. The Morgan fingerprint density at radius 2 is 2.00 bits per heavy atom. The monoisotopic (exact) mass is 318 g/mol. The number of rotatable bonds is 2. The number of hydrogen-bond acceptors (Lipinski definition) is 3. The summed E-state index contributed by atoms with van der Waals surface area (Å²) < 4.78 is 7.44. The molecule has 4 nitrogen and oxygen atoms in total. The molecule has 3 heterocycles. The lowest BCUT2D eigenvalue weighted by atomic mass is 10.0. The van der Waals surface area contributed by atoms with Gasteiger partial charge < -0.3 is 4.74 Å². The fourth-order valence-electron chi connectivity index (χ4n) is 3.40. The maximum Gasteiger partial charge on any atom is 0.339 e. The van der Waals surface area contributed by atoms with Crippen molar-refractivity contribution in [3.8, 4) is 0 Å². The molecule has 0 saturated carbocycles. The van der Waals surface area contributed by atoms with Crippen LogP contribution in [0, 0.1) is 13.8 Å². The number of esters is 1. The van der Waals surface area contributed by atoms with Crippen molar-refractivity contribution >= 4 is 33.4 Å². The zero-order chi connectivity index (χ0) is 16.8. The summed E-state index contributed by atoms with van der Waals surface area (Å²) in [5.74, 6) is -0.272. The van der Waals surface area contributed by atoms with Crippen LogP contribution in [0.15, 0.2) is 42.6 Å². The van der Waals surface area contributed by atoms with Crippen molar-refractivity contribution in [1.29, 1.82) is 0 Å². The minimum atomic E-state index is -0.272. The average Bonchev–Trinajstić information content (AvgIpc) is 2.95. The second-order valence-corrected chi connectivity index (χ2v) is 6.02. The number of nitrogens with zero attached hydrogens (tertiary/aromatic N) is 2. The fraction of sp³-hybridized carbons (Fsp3) is 0.200. The molecule has 0 atom stereocenters. The number of fused-ring (bicyclic) bond motifs is 5. The summed E-state index contributed by atoms with van der Waals surface area (Å²) in [5.41, 5.74) is 5.53. The molecular weight excluding hydrogens is 300 g/mol. The first-order chi connectivity index (χ1) is 11.6. The number of carbonyl (C=O) groups is 1. The van der Waals surface area contributed by atoms with Crippen LogP contribution in [-0.2, 0) is 4.74 Å². The molecule has 0 fully saturated rings. The highest BCUT2D eigenvalue weighted by atomic mass is 16.5. The number of aromatic nitrogens is 2. The summed E-state index contributed by atoms with van der Waals surface area (Å²) in [6.45, 7) is 6.19. The van der Waals surface area contributed by atoms with Crippen LogP contribution in [0.25, 0.3) is 27.5 Å². The van der Waals surface area contributed by atoms with Crippen molar-refractivity contribution in [2.24, 2.45) is 0 Å². The van der Waals surface area contributed by atoms with E-state index in [1.807, 2.05) is 45.0 Å². The van der Waals surface area contributed by atoms with Gasteiger partial charge in [-0.25, -0.2) is 9.78 Å². The number of carbonyl (C=O) groups excluding carboxylic acids is 1. The third-order valence-electron chi connectivity index (χ3n) is 4.46. The smallest absolute Gasteiger partial charge is 0.339 e. The Labute approximate surface area is 139 Å². The maximum atomic E-state index is 12.6. The van der Waals surface area contributed by atoms with Gasteiger partial charge >= 0.3 is 5.97 Å². The van der Waals surface area contributed by atoms with Gasteiger partial charge in [0, 0.05) is 17.0 Å². The van der Waals surface area contributed by atoms with Gasteiger partial charge in [0.15, 0.2) is 0 Å². The van der Waals surface area contributed by atoms with E-state index in [1.165, 1.54) is 0 Å². The number of pyridine rings is 2. The van der Waals surface area contributed by atoms with E-state index in [1.54, 1.807) is 6.20 Å². The largest absolute Gasteiger partial charge is 0.462 e. The second-order valence-electron chi connectivity index (χ2n) is 6.02. The van der Waals surface area contributed by atoms with E-state index in [-0.39, 0.29) is 5.97 Å². The molecule has 3 aromatic heterocycles. The Hall–Kier alpha value is -2.88. The number of benzene rings is 1. The SMILES string of the molecule is CCOC(=O)c1c(C)c2cc3cccnc3n2c2ccc(C)cc12. The van der Waals surface area contributed by atoms with E-state index >= 15 is 0 Å². The van der Waals surface area contributed by atoms with Gasteiger partial charge in [0.25, 0.3) is 0 Å². The summed E-state index contributed by atoms with van der Waals surface area (Å²) in [4.78, 5) is 17.1. The second kappa shape index (κ2) is 5.34. The van der Waals surface area contributed by atoms with E-state index < -0.39 is 0 Å². The minimum absolute atomic E-state index is 0.272. The molecular formula is C20H18N2O2. The van der Waals surface area contributed by atoms with E-state index in [4.69, 9.17) is 4.74 Å². The standard InChI is InChI=1S/C20H18N2O2/c1-4-24-20(23)18-13(3)17-11-14-6-5-9-21-19(14)22(17)16-8-7-12(2)10-15(16)18/h5-11H,4H2,1-3H3. The summed E-state index contributed by atoms with van der Waals surface area (Å²) in [6, 6.07) is 12.2. The lowest BCUT2D eigenvalue weighted by Gasteiger charge is -2.14. The van der Waals surface area contributed by atoms with E-state index in [0.717, 1.165) is 38.6 Å². The molecule has 4 aromatic rings. The highest BCUT2D eigenvalue weighted by Gasteiger charge is 2.20. The Bertz CT molecular complexity index is 1110. The van der Waals surface area contributed by atoms with Gasteiger partial charge in [0.05, 0.1) is 23.2 Å². The van der Waals surface area contributed by atoms with Crippen molar-refractivity contribution < 1.29 is 9.53 Å². The molecule has 0 saturated heterocycles. The van der Waals surface area contributed by atoms with E-state index in [0.29, 0.717) is 12.2 Å². The Balaban J connectivity index is 2.25. The summed E-state index contributed by atoms with van der Waals surface area (Å²) >= 11 is 0. The van der Waals surface area contributed by atoms with Gasteiger partial charge in [0.1, 0.15) is 5.65 Å². The zero-order valence-electron chi connectivity index (χ0n) is 14.0. The van der Waals surface area contributed by atoms with E-state index in [2.05, 4.69) is 21.5 Å². The molecule has 0 aliphatic rings. The molecule has 0 bridgehead atoms. The highest BCUT2D eigenvalue weighted by molar-refractivity contribution is 6.09. The molecule has 0 unspecified atom stereocenters. The van der Waals surface area contributed by atoms with Crippen molar-refractivity contribution in [3.63, 3.8) is 0 Å². The molecule has 4 rings (SSSR count). The van der Waals surface area contributed by atoms with Crippen LogP contribution in [0.5, 0.6) is 0 Å². The zero-order valence-corrected chi connectivity index (χ0v) is 14.0. The van der Waals surface area contributed by atoms with Crippen LogP contribution >= 0.6 is 0 Å². The summed E-state index contributed by atoms with van der Waals surface area (Å²) in [7, 11) is 0. The average molecular weight is 318 g/mol. The van der Waals surface area contributed by atoms with Crippen molar-refractivity contribution in [2.75, 3.05) is 6.61 Å². The molecule has 0 radical (unpaired) electrons. The summed E-state index contributed by atoms with van der Waals surface area (Å²) in [5, 5.41) is 1.96. The summed E-state index contributed by atoms with van der Waals surface area (Å²) in [6.07, 6.45) is 1.80. The first kappa shape index (κ1) is 14.7. The molecule has 0 amide bonds. The Morgan fingerprint density at radius 3 is 2.79 bits per heavy atom. The Kier molecular flexibility index (Phi) is 3.27. The fourth-order valence-corrected chi connectivity index (χ4v) is 3.40. The van der Waals surface area contributed by atoms with Crippen molar-refractivity contribution in [3.05, 3.63) is 59.3 Å².